The SMILES string of the molecule is CCOP(=O)(CC(=O)N/N=C/c1ccc(O)c(OC)c1)OCC. The van der Waals surface area contributed by atoms with Crippen molar-refractivity contribution in [1.29, 1.82) is 0 Å². The summed E-state index contributed by atoms with van der Waals surface area (Å²) in [6, 6.07) is 4.59. The van der Waals surface area contributed by atoms with Crippen molar-refractivity contribution in [3.05, 3.63) is 23.8 Å². The average molecular weight is 344 g/mol. The number of benzene rings is 1. The summed E-state index contributed by atoms with van der Waals surface area (Å²) in [5.41, 5.74) is 2.86. The Hall–Kier alpha value is -1.89. The second-order valence-electron chi connectivity index (χ2n) is 4.33. The Labute approximate surface area is 135 Å². The molecule has 9 heteroatoms. The largest absolute Gasteiger partial charge is 0.504 e. The van der Waals surface area contributed by atoms with Crippen LogP contribution in [0.25, 0.3) is 0 Å². The maximum atomic E-state index is 12.2. The first kappa shape index (κ1) is 19.2. The molecule has 2 N–H and O–H groups in total. The molecule has 1 rings (SSSR count). The zero-order chi connectivity index (χ0) is 17.3. The van der Waals surface area contributed by atoms with Gasteiger partial charge in [0.25, 0.3) is 5.91 Å². The molecule has 0 aliphatic carbocycles. The van der Waals surface area contributed by atoms with Crippen LogP contribution in [-0.4, -0.2) is 43.7 Å². The molecule has 128 valence electrons. The van der Waals surface area contributed by atoms with Crippen molar-refractivity contribution in [1.82, 2.24) is 5.43 Å². The summed E-state index contributed by atoms with van der Waals surface area (Å²) in [4.78, 5) is 11.8. The third-order valence-corrected chi connectivity index (χ3v) is 4.57. The van der Waals surface area contributed by atoms with Gasteiger partial charge in [-0.25, -0.2) is 5.43 Å². The summed E-state index contributed by atoms with van der Waals surface area (Å²) in [5, 5.41) is 13.2. The van der Waals surface area contributed by atoms with Crippen LogP contribution in [0.3, 0.4) is 0 Å². The highest BCUT2D eigenvalue weighted by Crippen LogP contribution is 2.47. The van der Waals surface area contributed by atoms with Crippen LogP contribution < -0.4 is 10.2 Å². The van der Waals surface area contributed by atoms with Crippen molar-refractivity contribution in [2.45, 2.75) is 13.8 Å². The van der Waals surface area contributed by atoms with E-state index in [9.17, 15) is 14.5 Å². The van der Waals surface area contributed by atoms with E-state index in [4.69, 9.17) is 13.8 Å². The van der Waals surface area contributed by atoms with Crippen molar-refractivity contribution < 1.29 is 28.3 Å². The minimum absolute atomic E-state index is 0.00283. The number of phenols is 1. The number of nitrogens with zero attached hydrogens (tertiary/aromatic N) is 1. The first-order valence-corrected chi connectivity index (χ1v) is 8.74. The van der Waals surface area contributed by atoms with Gasteiger partial charge in [-0.2, -0.15) is 5.10 Å². The summed E-state index contributed by atoms with van der Waals surface area (Å²) in [6.45, 7) is 3.70. The lowest BCUT2D eigenvalue weighted by Gasteiger charge is -2.15. The molecule has 0 spiro atoms. The number of hydrogen-bond donors (Lipinski definition) is 2. The number of aromatic hydroxyl groups is 1. The van der Waals surface area contributed by atoms with Gasteiger partial charge in [0.15, 0.2) is 11.5 Å². The Bertz CT molecular complexity index is 595. The summed E-state index contributed by atoms with van der Waals surface area (Å²) in [5.74, 6) is -0.294. The average Bonchev–Trinajstić information content (AvgIpc) is 2.49. The Balaban J connectivity index is 2.63. The smallest absolute Gasteiger partial charge is 0.340 e. The number of rotatable bonds is 9. The third-order valence-electron chi connectivity index (χ3n) is 2.60. The molecule has 0 saturated carbocycles. The topological polar surface area (TPSA) is 106 Å². The minimum Gasteiger partial charge on any atom is -0.504 e. The van der Waals surface area contributed by atoms with Crippen molar-refractivity contribution >= 4 is 19.7 Å². The van der Waals surface area contributed by atoms with E-state index < -0.39 is 19.7 Å². The number of hydrazone groups is 1. The van der Waals surface area contributed by atoms with Crippen molar-refractivity contribution in [3.8, 4) is 11.5 Å². The van der Waals surface area contributed by atoms with E-state index in [1.165, 1.54) is 19.4 Å². The van der Waals surface area contributed by atoms with Gasteiger partial charge in [0.05, 0.1) is 26.5 Å². The summed E-state index contributed by atoms with van der Waals surface area (Å²) >= 11 is 0. The van der Waals surface area contributed by atoms with Gasteiger partial charge in [-0.1, -0.05) is 0 Å². The maximum Gasteiger partial charge on any atom is 0.340 e. The molecule has 0 unspecified atom stereocenters. The van der Waals surface area contributed by atoms with Crippen LogP contribution in [0.2, 0.25) is 0 Å². The van der Waals surface area contributed by atoms with E-state index >= 15 is 0 Å². The summed E-state index contributed by atoms with van der Waals surface area (Å²) in [7, 11) is -2.02. The molecule has 0 radical (unpaired) electrons. The molecule has 1 amide bonds. The highest BCUT2D eigenvalue weighted by atomic mass is 31.2. The predicted octanol–water partition coefficient (Wildman–Crippen LogP) is 2.12. The van der Waals surface area contributed by atoms with Crippen LogP contribution in [0.1, 0.15) is 19.4 Å². The number of methoxy groups -OCH3 is 1. The quantitative estimate of drug-likeness (QED) is 0.404. The van der Waals surface area contributed by atoms with E-state index in [1.54, 1.807) is 26.0 Å². The molecule has 1 aromatic rings. The monoisotopic (exact) mass is 344 g/mol. The molecule has 0 aliphatic heterocycles. The fourth-order valence-electron chi connectivity index (χ4n) is 1.69. The molecule has 0 aliphatic rings. The van der Waals surface area contributed by atoms with Gasteiger partial charge in [-0.05, 0) is 37.6 Å². The van der Waals surface area contributed by atoms with Gasteiger partial charge in [0.2, 0.25) is 0 Å². The predicted molar refractivity (Wildman–Crippen MR) is 86.1 cm³/mol. The molecule has 8 nitrogen and oxygen atoms in total. The van der Waals surface area contributed by atoms with E-state index in [0.717, 1.165) is 0 Å². The standard InChI is InChI=1S/C14H21N2O6P/c1-4-21-23(19,22-5-2)10-14(18)16-15-9-11-6-7-12(17)13(8-11)20-3/h6-9,17H,4-5,10H2,1-3H3,(H,16,18)/b15-9+. The van der Waals surface area contributed by atoms with Gasteiger partial charge in [-0.15, -0.1) is 0 Å². The first-order chi connectivity index (χ1) is 10.9. The van der Waals surface area contributed by atoms with E-state index in [1.807, 2.05) is 0 Å². The highest BCUT2D eigenvalue weighted by molar-refractivity contribution is 7.54. The first-order valence-electron chi connectivity index (χ1n) is 7.01. The molecule has 0 bridgehead atoms. The van der Waals surface area contributed by atoms with Crippen LogP contribution in [0.4, 0.5) is 0 Å². The lowest BCUT2D eigenvalue weighted by atomic mass is 10.2. The molecule has 0 heterocycles. The normalized spacial score (nSPS) is 11.6. The molecular weight excluding hydrogens is 323 g/mol. The fraction of sp³-hybridized carbons (Fsp3) is 0.429. The molecule has 23 heavy (non-hydrogen) atoms. The zero-order valence-electron chi connectivity index (χ0n) is 13.3. The van der Waals surface area contributed by atoms with Gasteiger partial charge < -0.3 is 18.9 Å². The van der Waals surface area contributed by atoms with Crippen molar-refractivity contribution in [3.63, 3.8) is 0 Å². The van der Waals surface area contributed by atoms with Crippen molar-refractivity contribution in [2.75, 3.05) is 26.5 Å². The zero-order valence-corrected chi connectivity index (χ0v) is 14.2. The number of carbonyl (C=O) groups is 1. The molecule has 0 atom stereocenters. The van der Waals surface area contributed by atoms with E-state index in [2.05, 4.69) is 10.5 Å². The number of carbonyl (C=O) groups excluding carboxylic acids is 1. The van der Waals surface area contributed by atoms with Crippen molar-refractivity contribution in [2.24, 2.45) is 5.10 Å². The highest BCUT2D eigenvalue weighted by Gasteiger charge is 2.27. The maximum absolute atomic E-state index is 12.2. The minimum atomic E-state index is -3.45. The summed E-state index contributed by atoms with van der Waals surface area (Å²) < 4.78 is 27.2. The van der Waals surface area contributed by atoms with Gasteiger partial charge in [0, 0.05) is 0 Å². The van der Waals surface area contributed by atoms with Crippen LogP contribution in [0.5, 0.6) is 11.5 Å². The third kappa shape index (κ3) is 6.40. The van der Waals surface area contributed by atoms with Crippen LogP contribution >= 0.6 is 7.60 Å². The van der Waals surface area contributed by atoms with Gasteiger partial charge in [-0.3, -0.25) is 9.36 Å². The van der Waals surface area contributed by atoms with Crippen LogP contribution in [-0.2, 0) is 18.4 Å². The Morgan fingerprint density at radius 2 is 2.00 bits per heavy atom. The fourth-order valence-corrected chi connectivity index (χ4v) is 3.15. The Morgan fingerprint density at radius 1 is 1.35 bits per heavy atom. The number of hydrogen-bond acceptors (Lipinski definition) is 7. The number of amides is 1. The molecule has 0 saturated heterocycles. The second-order valence-corrected chi connectivity index (χ2v) is 6.38. The number of nitrogens with one attached hydrogen (secondary N) is 1. The Morgan fingerprint density at radius 3 is 2.57 bits per heavy atom. The second kappa shape index (κ2) is 9.29. The molecule has 1 aromatic carbocycles. The number of ether oxygens (including phenoxy) is 1. The lowest BCUT2D eigenvalue weighted by Crippen LogP contribution is -2.22. The molecular formula is C14H21N2O6P. The van der Waals surface area contributed by atoms with Gasteiger partial charge >= 0.3 is 7.60 Å². The Kier molecular flexibility index (Phi) is 7.74. The molecule has 0 fully saturated rings. The van der Waals surface area contributed by atoms with Crippen LogP contribution in [0.15, 0.2) is 23.3 Å². The number of phenolic OH excluding ortho intramolecular Hbond substituents is 1. The van der Waals surface area contributed by atoms with Gasteiger partial charge in [0.1, 0.15) is 6.16 Å². The van der Waals surface area contributed by atoms with Crippen LogP contribution in [0, 0.1) is 0 Å². The lowest BCUT2D eigenvalue weighted by molar-refractivity contribution is -0.118. The van der Waals surface area contributed by atoms with E-state index in [0.29, 0.717) is 5.56 Å². The van der Waals surface area contributed by atoms with E-state index in [-0.39, 0.29) is 24.7 Å². The molecule has 0 aromatic heterocycles. The summed E-state index contributed by atoms with van der Waals surface area (Å²) in [6.07, 6.45) is 0.955.